The molecule has 0 aliphatic heterocycles. The van der Waals surface area contributed by atoms with Gasteiger partial charge in [-0.15, -0.1) is 0 Å². The van der Waals surface area contributed by atoms with Gasteiger partial charge in [-0.3, -0.25) is 4.79 Å². The van der Waals surface area contributed by atoms with Crippen molar-refractivity contribution in [1.29, 1.82) is 0 Å². The summed E-state index contributed by atoms with van der Waals surface area (Å²) < 4.78 is 4.91. The van der Waals surface area contributed by atoms with Gasteiger partial charge in [0, 0.05) is 5.92 Å². The number of nitrogens with two attached hydrogens (primary N) is 1. The Kier molecular flexibility index (Phi) is 2.44. The predicted molar refractivity (Wildman–Crippen MR) is 40.5 cm³/mol. The average Bonchev–Trinajstić information content (AvgIpc) is 2.53. The molecule has 0 fully saturated rings. The minimum Gasteiger partial charge on any atom is -0.480 e. The zero-order valence-electron chi connectivity index (χ0n) is 6.60. The van der Waals surface area contributed by atoms with E-state index in [1.54, 1.807) is 6.92 Å². The third kappa shape index (κ3) is 1.62. The second-order valence-corrected chi connectivity index (χ2v) is 2.56. The first-order valence-corrected chi connectivity index (χ1v) is 3.49. The number of carboxylic acid groups (broad SMARTS) is 1. The van der Waals surface area contributed by atoms with E-state index in [1.807, 2.05) is 0 Å². The van der Waals surface area contributed by atoms with Crippen molar-refractivity contribution in [2.24, 2.45) is 5.73 Å². The van der Waals surface area contributed by atoms with Gasteiger partial charge in [0.05, 0.1) is 6.20 Å². The topological polar surface area (TPSA) is 89.4 Å². The Labute approximate surface area is 69.2 Å². The molecule has 0 aliphatic rings. The second kappa shape index (κ2) is 3.36. The Hall–Kier alpha value is -1.36. The molecule has 12 heavy (non-hydrogen) atoms. The lowest BCUT2D eigenvalue weighted by molar-refractivity contribution is -0.139. The van der Waals surface area contributed by atoms with E-state index in [0.29, 0.717) is 5.76 Å². The number of oxazole rings is 1. The molecule has 1 heterocycles. The standard InChI is InChI=1S/C7H10N2O3/c1-4(6(8)7(10)11)5-2-9-3-12-5/h2-4,6H,8H2,1H3,(H,10,11). The second-order valence-electron chi connectivity index (χ2n) is 2.56. The number of hydrogen-bond acceptors (Lipinski definition) is 4. The molecule has 0 bridgehead atoms. The van der Waals surface area contributed by atoms with Crippen LogP contribution >= 0.6 is 0 Å². The van der Waals surface area contributed by atoms with E-state index in [2.05, 4.69) is 4.98 Å². The highest BCUT2D eigenvalue weighted by molar-refractivity contribution is 5.74. The van der Waals surface area contributed by atoms with E-state index in [0.717, 1.165) is 0 Å². The van der Waals surface area contributed by atoms with Crippen LogP contribution in [0.3, 0.4) is 0 Å². The number of hydrogen-bond donors (Lipinski definition) is 2. The van der Waals surface area contributed by atoms with Gasteiger partial charge in [-0.2, -0.15) is 0 Å². The number of rotatable bonds is 3. The third-order valence-electron chi connectivity index (χ3n) is 1.72. The Bertz CT molecular complexity index is 258. The van der Waals surface area contributed by atoms with Gasteiger partial charge in [-0.1, -0.05) is 6.92 Å². The van der Waals surface area contributed by atoms with E-state index in [9.17, 15) is 4.79 Å². The van der Waals surface area contributed by atoms with Crippen LogP contribution < -0.4 is 5.73 Å². The summed E-state index contributed by atoms with van der Waals surface area (Å²) in [5, 5.41) is 8.56. The number of aromatic nitrogens is 1. The maximum Gasteiger partial charge on any atom is 0.321 e. The zero-order valence-corrected chi connectivity index (χ0v) is 6.60. The maximum atomic E-state index is 10.4. The van der Waals surface area contributed by atoms with Crippen molar-refractivity contribution in [1.82, 2.24) is 4.98 Å². The molecule has 0 saturated heterocycles. The predicted octanol–water partition coefficient (Wildman–Crippen LogP) is 0.190. The molecule has 5 nitrogen and oxygen atoms in total. The molecule has 0 aliphatic carbocycles. The van der Waals surface area contributed by atoms with Crippen molar-refractivity contribution < 1.29 is 14.3 Å². The number of aliphatic carboxylic acids is 1. The van der Waals surface area contributed by atoms with Crippen LogP contribution in [0.4, 0.5) is 0 Å². The van der Waals surface area contributed by atoms with Gasteiger partial charge in [0.15, 0.2) is 6.39 Å². The Morgan fingerprint density at radius 3 is 2.92 bits per heavy atom. The lowest BCUT2D eigenvalue weighted by Gasteiger charge is -2.11. The highest BCUT2D eigenvalue weighted by Crippen LogP contribution is 2.16. The van der Waals surface area contributed by atoms with E-state index >= 15 is 0 Å². The SMILES string of the molecule is CC(c1cnco1)C(N)C(=O)O. The van der Waals surface area contributed by atoms with Crippen molar-refractivity contribution in [3.8, 4) is 0 Å². The lowest BCUT2D eigenvalue weighted by atomic mass is 10.0. The number of carboxylic acids is 1. The van der Waals surface area contributed by atoms with Crippen LogP contribution in [0.1, 0.15) is 18.6 Å². The summed E-state index contributed by atoms with van der Waals surface area (Å²) in [4.78, 5) is 14.1. The quantitative estimate of drug-likeness (QED) is 0.675. The van der Waals surface area contributed by atoms with Crippen LogP contribution in [0.2, 0.25) is 0 Å². The van der Waals surface area contributed by atoms with Crippen LogP contribution in [0, 0.1) is 0 Å². The van der Waals surface area contributed by atoms with Crippen LogP contribution in [0.5, 0.6) is 0 Å². The molecule has 1 aromatic rings. The van der Waals surface area contributed by atoms with Gasteiger partial charge in [-0.05, 0) is 0 Å². The lowest BCUT2D eigenvalue weighted by Crippen LogP contribution is -2.35. The summed E-state index contributed by atoms with van der Waals surface area (Å²) in [6, 6.07) is -0.946. The van der Waals surface area contributed by atoms with Gasteiger partial charge in [0.25, 0.3) is 0 Å². The van der Waals surface area contributed by atoms with Gasteiger partial charge in [0.1, 0.15) is 11.8 Å². The smallest absolute Gasteiger partial charge is 0.321 e. The number of carbonyl (C=O) groups is 1. The molecule has 2 atom stereocenters. The average molecular weight is 170 g/mol. The molecule has 2 unspecified atom stereocenters. The fourth-order valence-corrected chi connectivity index (χ4v) is 0.841. The van der Waals surface area contributed by atoms with Gasteiger partial charge < -0.3 is 15.3 Å². The largest absolute Gasteiger partial charge is 0.480 e. The summed E-state index contributed by atoms with van der Waals surface area (Å²) in [5.41, 5.74) is 5.36. The zero-order chi connectivity index (χ0) is 9.14. The highest BCUT2D eigenvalue weighted by Gasteiger charge is 2.23. The normalized spacial score (nSPS) is 15.5. The highest BCUT2D eigenvalue weighted by atomic mass is 16.4. The first kappa shape index (κ1) is 8.73. The molecule has 0 radical (unpaired) electrons. The molecule has 0 aromatic carbocycles. The number of nitrogens with zero attached hydrogens (tertiary/aromatic N) is 1. The monoisotopic (exact) mass is 170 g/mol. The van der Waals surface area contributed by atoms with Crippen molar-refractivity contribution in [3.63, 3.8) is 0 Å². The Balaban J connectivity index is 2.71. The summed E-state index contributed by atoms with van der Waals surface area (Å²) >= 11 is 0. The van der Waals surface area contributed by atoms with Gasteiger partial charge in [-0.25, -0.2) is 4.98 Å². The van der Waals surface area contributed by atoms with Crippen LogP contribution in [0.25, 0.3) is 0 Å². The summed E-state index contributed by atoms with van der Waals surface area (Å²) in [6.45, 7) is 1.68. The van der Waals surface area contributed by atoms with Crippen molar-refractivity contribution >= 4 is 5.97 Å². The fourth-order valence-electron chi connectivity index (χ4n) is 0.841. The minimum atomic E-state index is -1.04. The first-order chi connectivity index (χ1) is 5.63. The van der Waals surface area contributed by atoms with Gasteiger partial charge >= 0.3 is 5.97 Å². The fraction of sp³-hybridized carbons (Fsp3) is 0.429. The van der Waals surface area contributed by atoms with E-state index in [1.165, 1.54) is 12.6 Å². The summed E-state index contributed by atoms with van der Waals surface area (Å²) in [5.74, 6) is -0.909. The molecule has 1 rings (SSSR count). The Morgan fingerprint density at radius 2 is 2.50 bits per heavy atom. The summed E-state index contributed by atoms with van der Waals surface area (Å²) in [6.07, 6.45) is 2.72. The van der Waals surface area contributed by atoms with Crippen LogP contribution in [0.15, 0.2) is 17.0 Å². The molecule has 1 aromatic heterocycles. The van der Waals surface area contributed by atoms with Crippen LogP contribution in [-0.2, 0) is 4.79 Å². The molecule has 66 valence electrons. The molecule has 0 saturated carbocycles. The van der Waals surface area contributed by atoms with Gasteiger partial charge in [0.2, 0.25) is 0 Å². The van der Waals surface area contributed by atoms with E-state index in [4.69, 9.17) is 15.3 Å². The molecular weight excluding hydrogens is 160 g/mol. The minimum absolute atomic E-state index is 0.356. The first-order valence-electron chi connectivity index (χ1n) is 3.49. The molecule has 0 amide bonds. The van der Waals surface area contributed by atoms with Crippen molar-refractivity contribution in [3.05, 3.63) is 18.4 Å². The molecule has 3 N–H and O–H groups in total. The summed E-state index contributed by atoms with van der Waals surface area (Å²) in [7, 11) is 0. The Morgan fingerprint density at radius 1 is 1.83 bits per heavy atom. The van der Waals surface area contributed by atoms with Crippen LogP contribution in [-0.4, -0.2) is 22.1 Å². The van der Waals surface area contributed by atoms with E-state index in [-0.39, 0.29) is 5.92 Å². The maximum absolute atomic E-state index is 10.4. The molecule has 0 spiro atoms. The van der Waals surface area contributed by atoms with Crippen molar-refractivity contribution in [2.45, 2.75) is 18.9 Å². The van der Waals surface area contributed by atoms with E-state index < -0.39 is 12.0 Å². The van der Waals surface area contributed by atoms with Crippen molar-refractivity contribution in [2.75, 3.05) is 0 Å². The third-order valence-corrected chi connectivity index (χ3v) is 1.72. The molecule has 5 heteroatoms. The molecular formula is C7H10N2O3.